The largest absolute Gasteiger partial charge is 0.464 e. The summed E-state index contributed by atoms with van der Waals surface area (Å²) >= 11 is 0. The van der Waals surface area contributed by atoms with Crippen LogP contribution in [0.5, 0.6) is 0 Å². The molecule has 0 spiro atoms. The number of nitrogens with one attached hydrogen (secondary N) is 1. The van der Waals surface area contributed by atoms with Crippen LogP contribution in [0.25, 0.3) is 11.5 Å². The number of ether oxygens (including phenoxy) is 1. The van der Waals surface area contributed by atoms with Gasteiger partial charge in [-0.1, -0.05) is 18.2 Å². The molecule has 2 fully saturated rings. The van der Waals surface area contributed by atoms with E-state index < -0.39 is 23.5 Å². The Labute approximate surface area is 226 Å². The van der Waals surface area contributed by atoms with Crippen LogP contribution in [0.3, 0.4) is 0 Å². The number of halogens is 3. The molecule has 1 saturated carbocycles. The number of benzene rings is 1. The van der Waals surface area contributed by atoms with Gasteiger partial charge in [0.05, 0.1) is 24.0 Å². The molecule has 3 aromatic rings. The molecule has 14 heteroatoms. The molecule has 2 aliphatic rings. The van der Waals surface area contributed by atoms with Crippen molar-refractivity contribution in [2.45, 2.75) is 31.5 Å². The molecule has 11 nitrogen and oxygen atoms in total. The van der Waals surface area contributed by atoms with Crippen LogP contribution in [0.4, 0.5) is 24.8 Å². The van der Waals surface area contributed by atoms with Crippen molar-refractivity contribution < 1.29 is 36.7 Å². The van der Waals surface area contributed by atoms with Crippen LogP contribution in [0.1, 0.15) is 35.5 Å². The summed E-state index contributed by atoms with van der Waals surface area (Å²) in [4.78, 5) is 52.2. The van der Waals surface area contributed by atoms with Crippen LogP contribution in [0.2, 0.25) is 0 Å². The number of carbonyl (C=O) groups excluding carboxylic acids is 3. The summed E-state index contributed by atoms with van der Waals surface area (Å²) in [5, 5.41) is 2.34. The highest BCUT2D eigenvalue weighted by molar-refractivity contribution is 6.03. The van der Waals surface area contributed by atoms with E-state index in [1.807, 2.05) is 4.90 Å². The zero-order valence-electron chi connectivity index (χ0n) is 21.1. The minimum absolute atomic E-state index is 0.0375. The molecule has 0 unspecified atom stereocenters. The maximum atomic E-state index is 13.6. The van der Waals surface area contributed by atoms with Gasteiger partial charge in [-0.2, -0.15) is 13.2 Å². The van der Waals surface area contributed by atoms with Gasteiger partial charge >= 0.3 is 6.18 Å². The molecule has 1 aliphatic carbocycles. The SMILES string of the molecule is O=CO[C@H]1CCC[C@@H]1C(=O)N1CCN(c2ncc(NC(=O)c3nc(-c4ccccc4)oc3C(F)(F)F)cn2)CC1. The lowest BCUT2D eigenvalue weighted by atomic mass is 10.0. The van der Waals surface area contributed by atoms with E-state index in [1.54, 1.807) is 23.1 Å². The molecular weight excluding hydrogens is 533 g/mol. The normalized spacial score (nSPS) is 19.4. The second-order valence-electron chi connectivity index (χ2n) is 9.41. The first-order valence-corrected chi connectivity index (χ1v) is 12.6. The lowest BCUT2D eigenvalue weighted by Crippen LogP contribution is -2.51. The Kier molecular flexibility index (Phi) is 7.67. The molecule has 0 bridgehead atoms. The standard InChI is InChI=1S/C26H25F3N6O5/c27-26(28,29)21-20(33-23(40-21)16-5-2-1-3-6-16)22(37)32-17-13-30-25(31-14-17)35-11-9-34(10-12-35)24(38)18-7-4-8-19(18)39-15-36/h1-3,5-6,13-15,18-19H,4,7-12H2,(H,32,37)/t18-,19-/m0/s1. The van der Waals surface area contributed by atoms with Gasteiger partial charge in [0.15, 0.2) is 5.69 Å². The summed E-state index contributed by atoms with van der Waals surface area (Å²) < 4.78 is 50.7. The van der Waals surface area contributed by atoms with Gasteiger partial charge in [0.25, 0.3) is 12.4 Å². The van der Waals surface area contributed by atoms with Gasteiger partial charge in [-0.15, -0.1) is 0 Å². The number of alkyl halides is 3. The molecule has 1 aliphatic heterocycles. The summed E-state index contributed by atoms with van der Waals surface area (Å²) in [6.45, 7) is 2.17. The number of nitrogens with zero attached hydrogens (tertiary/aromatic N) is 5. The average molecular weight is 559 g/mol. The molecule has 2 atom stereocenters. The van der Waals surface area contributed by atoms with E-state index >= 15 is 0 Å². The summed E-state index contributed by atoms with van der Waals surface area (Å²) in [5.74, 6) is -2.98. The minimum atomic E-state index is -4.93. The monoisotopic (exact) mass is 558 g/mol. The van der Waals surface area contributed by atoms with Crippen molar-refractivity contribution in [1.29, 1.82) is 0 Å². The van der Waals surface area contributed by atoms with E-state index in [4.69, 9.17) is 9.15 Å². The summed E-state index contributed by atoms with van der Waals surface area (Å²) in [6, 6.07) is 7.94. The Morgan fingerprint density at radius 3 is 2.40 bits per heavy atom. The molecule has 3 heterocycles. The fourth-order valence-corrected chi connectivity index (χ4v) is 4.91. The molecule has 5 rings (SSSR count). The summed E-state index contributed by atoms with van der Waals surface area (Å²) in [6.07, 6.45) is -0.575. The lowest BCUT2D eigenvalue weighted by Gasteiger charge is -2.36. The van der Waals surface area contributed by atoms with Gasteiger partial charge in [0.2, 0.25) is 23.5 Å². The van der Waals surface area contributed by atoms with E-state index in [0.29, 0.717) is 57.0 Å². The average Bonchev–Trinajstić information content (AvgIpc) is 3.62. The van der Waals surface area contributed by atoms with E-state index in [-0.39, 0.29) is 29.5 Å². The molecule has 1 aromatic carbocycles. The van der Waals surface area contributed by atoms with Crippen LogP contribution >= 0.6 is 0 Å². The van der Waals surface area contributed by atoms with Crippen molar-refractivity contribution in [2.75, 3.05) is 36.4 Å². The van der Waals surface area contributed by atoms with Gasteiger partial charge < -0.3 is 24.3 Å². The van der Waals surface area contributed by atoms with Gasteiger partial charge in [-0.05, 0) is 31.4 Å². The highest BCUT2D eigenvalue weighted by atomic mass is 19.4. The first-order chi connectivity index (χ1) is 19.2. The Hall–Kier alpha value is -4.49. The van der Waals surface area contributed by atoms with Crippen molar-refractivity contribution in [3.05, 3.63) is 54.2 Å². The Balaban J connectivity index is 1.21. The molecule has 0 radical (unpaired) electrons. The number of oxazole rings is 1. The van der Waals surface area contributed by atoms with Crippen LogP contribution in [-0.2, 0) is 20.5 Å². The number of aromatic nitrogens is 3. The van der Waals surface area contributed by atoms with Gasteiger partial charge in [0.1, 0.15) is 6.10 Å². The number of amides is 2. The van der Waals surface area contributed by atoms with Crippen molar-refractivity contribution in [1.82, 2.24) is 19.9 Å². The molecule has 1 saturated heterocycles. The number of piperazine rings is 1. The third kappa shape index (κ3) is 5.75. The fourth-order valence-electron chi connectivity index (χ4n) is 4.91. The highest BCUT2D eigenvalue weighted by Gasteiger charge is 2.42. The number of hydrogen-bond donors (Lipinski definition) is 1. The third-order valence-electron chi connectivity index (χ3n) is 6.89. The van der Waals surface area contributed by atoms with E-state index in [2.05, 4.69) is 20.3 Å². The Morgan fingerprint density at radius 2 is 1.75 bits per heavy atom. The maximum Gasteiger partial charge on any atom is 0.452 e. The number of carbonyl (C=O) groups is 3. The predicted octanol–water partition coefficient (Wildman–Crippen LogP) is 3.39. The van der Waals surface area contributed by atoms with Crippen molar-refractivity contribution in [3.8, 4) is 11.5 Å². The zero-order chi connectivity index (χ0) is 28.3. The van der Waals surface area contributed by atoms with Crippen LogP contribution in [0.15, 0.2) is 47.1 Å². The quantitative estimate of drug-likeness (QED) is 0.434. The molecular formula is C26H25F3N6O5. The van der Waals surface area contributed by atoms with Crippen molar-refractivity contribution >= 4 is 29.9 Å². The van der Waals surface area contributed by atoms with Crippen molar-refractivity contribution in [2.24, 2.45) is 5.92 Å². The predicted molar refractivity (Wildman–Crippen MR) is 134 cm³/mol. The molecule has 40 heavy (non-hydrogen) atoms. The maximum absolute atomic E-state index is 13.6. The first kappa shape index (κ1) is 27.1. The number of anilines is 2. The van der Waals surface area contributed by atoms with Gasteiger partial charge in [-0.3, -0.25) is 14.4 Å². The number of hydrogen-bond acceptors (Lipinski definition) is 9. The first-order valence-electron chi connectivity index (χ1n) is 12.6. The van der Waals surface area contributed by atoms with Crippen molar-refractivity contribution in [3.63, 3.8) is 0 Å². The number of rotatable bonds is 7. The van der Waals surface area contributed by atoms with E-state index in [1.165, 1.54) is 24.5 Å². The smallest absolute Gasteiger partial charge is 0.452 e. The molecule has 1 N–H and O–H groups in total. The molecule has 2 aromatic heterocycles. The van der Waals surface area contributed by atoms with Gasteiger partial charge in [-0.25, -0.2) is 15.0 Å². The second-order valence-corrected chi connectivity index (χ2v) is 9.41. The molecule has 210 valence electrons. The van der Waals surface area contributed by atoms with Crippen LogP contribution in [-0.4, -0.2) is 70.4 Å². The lowest BCUT2D eigenvalue weighted by molar-refractivity contribution is -0.153. The van der Waals surface area contributed by atoms with E-state index in [0.717, 1.165) is 6.42 Å². The van der Waals surface area contributed by atoms with Crippen LogP contribution < -0.4 is 10.2 Å². The minimum Gasteiger partial charge on any atom is -0.464 e. The van der Waals surface area contributed by atoms with Gasteiger partial charge in [0, 0.05) is 31.7 Å². The second kappa shape index (κ2) is 11.3. The van der Waals surface area contributed by atoms with E-state index in [9.17, 15) is 27.6 Å². The topological polar surface area (TPSA) is 131 Å². The Bertz CT molecular complexity index is 1360. The Morgan fingerprint density at radius 1 is 1.05 bits per heavy atom. The highest BCUT2D eigenvalue weighted by Crippen LogP contribution is 2.35. The zero-order valence-corrected chi connectivity index (χ0v) is 21.1. The van der Waals surface area contributed by atoms with Crippen LogP contribution in [0, 0.1) is 5.92 Å². The fraction of sp³-hybridized carbons (Fsp3) is 0.385. The summed E-state index contributed by atoms with van der Waals surface area (Å²) in [7, 11) is 0. The summed E-state index contributed by atoms with van der Waals surface area (Å²) in [5.41, 5.74) is -0.541. The third-order valence-corrected chi connectivity index (χ3v) is 6.89. The molecule has 2 amide bonds.